The van der Waals surface area contributed by atoms with Crippen LogP contribution in [0.25, 0.3) is 0 Å². The van der Waals surface area contributed by atoms with Gasteiger partial charge in [0, 0.05) is 12.4 Å². The second-order valence-electron chi connectivity index (χ2n) is 3.65. The minimum Gasteiger partial charge on any atom is -0.480 e. The minimum absolute atomic E-state index is 0.295. The predicted octanol–water partition coefficient (Wildman–Crippen LogP) is 1.76. The molecular weight excluding hydrogens is 228 g/mol. The lowest BCUT2D eigenvalue weighted by Gasteiger charge is -2.13. The Labute approximate surface area is 101 Å². The summed E-state index contributed by atoms with van der Waals surface area (Å²) in [5.41, 5.74) is 0. The van der Waals surface area contributed by atoms with Crippen molar-refractivity contribution < 1.29 is 19.7 Å². The van der Waals surface area contributed by atoms with Crippen LogP contribution in [0.1, 0.15) is 33.1 Å². The molecule has 0 aliphatic heterocycles. The molecule has 0 rings (SSSR count). The van der Waals surface area contributed by atoms with E-state index < -0.39 is 17.3 Å². The van der Waals surface area contributed by atoms with Gasteiger partial charge in [-0.1, -0.05) is 20.3 Å². The third kappa shape index (κ3) is 7.96. The maximum atomic E-state index is 10.7. The Morgan fingerprint density at radius 3 is 2.62 bits per heavy atom. The third-order valence-electron chi connectivity index (χ3n) is 2.09. The van der Waals surface area contributed by atoms with Gasteiger partial charge in [0.15, 0.2) is 0 Å². The molecule has 0 radical (unpaired) electrons. The van der Waals surface area contributed by atoms with E-state index in [1.807, 2.05) is 6.92 Å². The number of ether oxygens (including phenoxy) is 1. The number of aliphatic carboxylic acids is 1. The average Bonchev–Trinajstić information content (AvgIpc) is 2.25. The largest absolute Gasteiger partial charge is 0.480 e. The van der Waals surface area contributed by atoms with Crippen molar-refractivity contribution in [3.8, 4) is 0 Å². The number of carboxylic acids is 1. The molecule has 5 heteroatoms. The molecule has 0 heterocycles. The monoisotopic (exact) mass is 250 g/mol. The molecule has 0 aromatic rings. The van der Waals surface area contributed by atoms with E-state index in [-0.39, 0.29) is 0 Å². The first-order valence-electron chi connectivity index (χ1n) is 5.72. The van der Waals surface area contributed by atoms with Gasteiger partial charge in [-0.3, -0.25) is 4.79 Å². The highest BCUT2D eigenvalue weighted by Crippen LogP contribution is 2.15. The lowest BCUT2D eigenvalue weighted by Crippen LogP contribution is -2.23. The molecule has 0 bridgehead atoms. The SMILES string of the molecule is CCCCOCC(O)CSC(CC)C(=O)O. The average molecular weight is 250 g/mol. The maximum absolute atomic E-state index is 10.7. The summed E-state index contributed by atoms with van der Waals surface area (Å²) in [6.45, 7) is 4.86. The number of carboxylic acid groups (broad SMARTS) is 1. The highest BCUT2D eigenvalue weighted by atomic mass is 32.2. The van der Waals surface area contributed by atoms with Crippen LogP contribution in [0.3, 0.4) is 0 Å². The first-order chi connectivity index (χ1) is 7.61. The van der Waals surface area contributed by atoms with Crippen molar-refractivity contribution >= 4 is 17.7 Å². The van der Waals surface area contributed by atoms with E-state index in [0.717, 1.165) is 12.8 Å². The summed E-state index contributed by atoms with van der Waals surface area (Å²) in [7, 11) is 0. The Hall–Kier alpha value is -0.260. The van der Waals surface area contributed by atoms with E-state index in [9.17, 15) is 9.90 Å². The van der Waals surface area contributed by atoms with E-state index in [4.69, 9.17) is 9.84 Å². The van der Waals surface area contributed by atoms with Gasteiger partial charge < -0.3 is 14.9 Å². The predicted molar refractivity (Wildman–Crippen MR) is 65.9 cm³/mol. The maximum Gasteiger partial charge on any atom is 0.316 e. The zero-order valence-corrected chi connectivity index (χ0v) is 10.8. The molecule has 0 aliphatic carbocycles. The molecule has 0 aliphatic rings. The van der Waals surface area contributed by atoms with Crippen LogP contribution in [0, 0.1) is 0 Å². The quantitative estimate of drug-likeness (QED) is 0.578. The fourth-order valence-corrected chi connectivity index (χ4v) is 2.03. The summed E-state index contributed by atoms with van der Waals surface area (Å²) < 4.78 is 5.25. The highest BCUT2D eigenvalue weighted by molar-refractivity contribution is 8.00. The Morgan fingerprint density at radius 1 is 1.44 bits per heavy atom. The molecule has 0 saturated heterocycles. The second-order valence-corrected chi connectivity index (χ2v) is 4.89. The standard InChI is InChI=1S/C11H22O4S/c1-3-5-6-15-7-9(12)8-16-10(4-2)11(13)14/h9-10,12H,3-8H2,1-2H3,(H,13,14). The minimum atomic E-state index is -0.813. The Morgan fingerprint density at radius 2 is 2.12 bits per heavy atom. The summed E-state index contributed by atoms with van der Waals surface area (Å²) >= 11 is 1.27. The van der Waals surface area contributed by atoms with Gasteiger partial charge in [-0.05, 0) is 12.8 Å². The molecule has 96 valence electrons. The van der Waals surface area contributed by atoms with Gasteiger partial charge in [0.1, 0.15) is 5.25 Å². The topological polar surface area (TPSA) is 66.8 Å². The van der Waals surface area contributed by atoms with Gasteiger partial charge >= 0.3 is 5.97 Å². The van der Waals surface area contributed by atoms with Crippen LogP contribution in [0.15, 0.2) is 0 Å². The van der Waals surface area contributed by atoms with Crippen LogP contribution >= 0.6 is 11.8 Å². The van der Waals surface area contributed by atoms with Gasteiger partial charge in [0.05, 0.1) is 12.7 Å². The third-order valence-corrected chi connectivity index (χ3v) is 3.60. The highest BCUT2D eigenvalue weighted by Gasteiger charge is 2.17. The van der Waals surface area contributed by atoms with E-state index in [2.05, 4.69) is 6.92 Å². The number of thioether (sulfide) groups is 1. The number of carbonyl (C=O) groups is 1. The summed E-state index contributed by atoms with van der Waals surface area (Å²) in [4.78, 5) is 10.7. The summed E-state index contributed by atoms with van der Waals surface area (Å²) in [6.07, 6.45) is 2.06. The van der Waals surface area contributed by atoms with E-state index in [1.165, 1.54) is 11.8 Å². The first-order valence-corrected chi connectivity index (χ1v) is 6.76. The number of hydrogen-bond donors (Lipinski definition) is 2. The zero-order chi connectivity index (χ0) is 12.4. The number of aliphatic hydroxyl groups is 1. The van der Waals surface area contributed by atoms with Gasteiger partial charge in [-0.2, -0.15) is 0 Å². The van der Waals surface area contributed by atoms with Crippen LogP contribution in [0.4, 0.5) is 0 Å². The molecule has 2 unspecified atom stereocenters. The van der Waals surface area contributed by atoms with Crippen LogP contribution in [0.5, 0.6) is 0 Å². The molecule has 0 saturated carbocycles. The molecule has 0 aromatic heterocycles. The van der Waals surface area contributed by atoms with Crippen molar-refractivity contribution in [3.05, 3.63) is 0 Å². The van der Waals surface area contributed by atoms with Crippen LogP contribution in [0.2, 0.25) is 0 Å². The number of unbranched alkanes of at least 4 members (excludes halogenated alkanes) is 1. The number of hydrogen-bond acceptors (Lipinski definition) is 4. The van der Waals surface area contributed by atoms with Crippen molar-refractivity contribution in [3.63, 3.8) is 0 Å². The van der Waals surface area contributed by atoms with Crippen molar-refractivity contribution in [2.45, 2.75) is 44.5 Å². The zero-order valence-electron chi connectivity index (χ0n) is 10.0. The fourth-order valence-electron chi connectivity index (χ4n) is 1.10. The van der Waals surface area contributed by atoms with E-state index in [1.54, 1.807) is 0 Å². The van der Waals surface area contributed by atoms with Gasteiger partial charge in [-0.15, -0.1) is 11.8 Å². The normalized spacial score (nSPS) is 14.7. The molecule has 2 atom stereocenters. The molecular formula is C11H22O4S. The van der Waals surface area contributed by atoms with Gasteiger partial charge in [0.2, 0.25) is 0 Å². The van der Waals surface area contributed by atoms with E-state index >= 15 is 0 Å². The number of aliphatic hydroxyl groups excluding tert-OH is 1. The molecule has 0 spiro atoms. The molecule has 0 amide bonds. The molecule has 4 nitrogen and oxygen atoms in total. The van der Waals surface area contributed by atoms with Crippen molar-refractivity contribution in [2.24, 2.45) is 0 Å². The van der Waals surface area contributed by atoms with Crippen LogP contribution in [-0.2, 0) is 9.53 Å². The summed E-state index contributed by atoms with van der Waals surface area (Å²) in [6, 6.07) is 0. The number of rotatable bonds is 10. The Bertz CT molecular complexity index is 187. The smallest absolute Gasteiger partial charge is 0.316 e. The Balaban J connectivity index is 3.55. The van der Waals surface area contributed by atoms with Gasteiger partial charge in [0.25, 0.3) is 0 Å². The molecule has 16 heavy (non-hydrogen) atoms. The van der Waals surface area contributed by atoms with Crippen LogP contribution in [-0.4, -0.2) is 46.5 Å². The molecule has 0 aromatic carbocycles. The Kier molecular flexibility index (Phi) is 9.77. The van der Waals surface area contributed by atoms with Gasteiger partial charge in [-0.25, -0.2) is 0 Å². The summed E-state index contributed by atoms with van der Waals surface area (Å²) in [5, 5.41) is 17.9. The lowest BCUT2D eigenvalue weighted by atomic mass is 10.3. The van der Waals surface area contributed by atoms with E-state index in [0.29, 0.717) is 25.4 Å². The van der Waals surface area contributed by atoms with Crippen LogP contribution < -0.4 is 0 Å². The lowest BCUT2D eigenvalue weighted by molar-refractivity contribution is -0.136. The van der Waals surface area contributed by atoms with Crippen molar-refractivity contribution in [1.29, 1.82) is 0 Å². The van der Waals surface area contributed by atoms with Crippen molar-refractivity contribution in [1.82, 2.24) is 0 Å². The summed E-state index contributed by atoms with van der Waals surface area (Å²) in [5.74, 6) is -0.400. The first kappa shape index (κ1) is 15.7. The molecule has 2 N–H and O–H groups in total. The van der Waals surface area contributed by atoms with Crippen molar-refractivity contribution in [2.75, 3.05) is 19.0 Å². The second kappa shape index (κ2) is 9.93. The molecule has 0 fully saturated rings. The fraction of sp³-hybridized carbons (Fsp3) is 0.909.